The van der Waals surface area contributed by atoms with E-state index in [0.29, 0.717) is 24.2 Å². The quantitative estimate of drug-likeness (QED) is 0.602. The Labute approximate surface area is 177 Å². The summed E-state index contributed by atoms with van der Waals surface area (Å²) in [6, 6.07) is 13.3. The second-order valence-electron chi connectivity index (χ2n) is 7.27. The van der Waals surface area contributed by atoms with Gasteiger partial charge in [-0.3, -0.25) is 14.2 Å². The Balaban J connectivity index is 1.69. The Hall–Kier alpha value is -3.13. The molecule has 8 heteroatoms. The molecule has 3 aromatic rings. The van der Waals surface area contributed by atoms with Crippen molar-refractivity contribution in [3.63, 3.8) is 0 Å². The molecule has 2 aromatic carbocycles. The molecule has 0 unspecified atom stereocenters. The predicted octanol–water partition coefficient (Wildman–Crippen LogP) is 3.72. The zero-order valence-corrected chi connectivity index (χ0v) is 18.4. The van der Waals surface area contributed by atoms with Gasteiger partial charge in [0.2, 0.25) is 5.91 Å². The lowest BCUT2D eigenvalue weighted by molar-refractivity contribution is -0.116. The first-order valence-electron chi connectivity index (χ1n) is 9.65. The van der Waals surface area contributed by atoms with Crippen LogP contribution >= 0.6 is 0 Å². The van der Waals surface area contributed by atoms with Crippen LogP contribution in [-0.4, -0.2) is 24.1 Å². The number of benzene rings is 2. The van der Waals surface area contributed by atoms with E-state index < -0.39 is 10.0 Å². The molecule has 0 aliphatic heterocycles. The minimum absolute atomic E-state index is 0.140. The molecule has 30 heavy (non-hydrogen) atoms. The van der Waals surface area contributed by atoms with E-state index in [4.69, 9.17) is 0 Å². The Kier molecular flexibility index (Phi) is 6.26. The fraction of sp³-hybridized carbons (Fsp3) is 0.273. The van der Waals surface area contributed by atoms with Crippen LogP contribution in [0.4, 0.5) is 11.4 Å². The molecule has 0 bridgehead atoms. The minimum Gasteiger partial charge on any atom is -0.326 e. The van der Waals surface area contributed by atoms with Crippen LogP contribution in [0.3, 0.4) is 0 Å². The maximum absolute atomic E-state index is 12.6. The van der Waals surface area contributed by atoms with E-state index in [0.717, 1.165) is 22.5 Å². The molecule has 3 rings (SSSR count). The summed E-state index contributed by atoms with van der Waals surface area (Å²) in [7, 11) is -1.82. The number of anilines is 2. The predicted molar refractivity (Wildman–Crippen MR) is 118 cm³/mol. The summed E-state index contributed by atoms with van der Waals surface area (Å²) in [5, 5.41) is 7.22. The van der Waals surface area contributed by atoms with Gasteiger partial charge in [0.05, 0.1) is 16.3 Å². The van der Waals surface area contributed by atoms with Crippen molar-refractivity contribution in [2.45, 2.75) is 38.5 Å². The van der Waals surface area contributed by atoms with Crippen molar-refractivity contribution in [1.82, 2.24) is 9.78 Å². The smallest absolute Gasteiger partial charge is 0.261 e. The highest BCUT2D eigenvalue weighted by atomic mass is 32.2. The number of aryl methyl sites for hydroxylation is 3. The molecule has 1 amide bonds. The van der Waals surface area contributed by atoms with E-state index in [-0.39, 0.29) is 10.8 Å². The third-order valence-electron chi connectivity index (χ3n) is 5.08. The summed E-state index contributed by atoms with van der Waals surface area (Å²) in [5.74, 6) is -0.140. The highest BCUT2D eigenvalue weighted by Crippen LogP contribution is 2.24. The molecule has 0 aliphatic rings. The molecule has 2 N–H and O–H groups in total. The van der Waals surface area contributed by atoms with Crippen LogP contribution < -0.4 is 10.0 Å². The molecule has 0 spiro atoms. The number of rotatable bonds is 7. The largest absolute Gasteiger partial charge is 0.326 e. The van der Waals surface area contributed by atoms with Crippen molar-refractivity contribution in [2.24, 2.45) is 7.05 Å². The first-order valence-corrected chi connectivity index (χ1v) is 11.1. The highest BCUT2D eigenvalue weighted by Gasteiger charge is 2.16. The van der Waals surface area contributed by atoms with Crippen LogP contribution in [-0.2, 0) is 28.3 Å². The van der Waals surface area contributed by atoms with Crippen LogP contribution in [0, 0.1) is 20.8 Å². The van der Waals surface area contributed by atoms with Crippen molar-refractivity contribution in [3.8, 4) is 0 Å². The van der Waals surface area contributed by atoms with E-state index in [2.05, 4.69) is 15.1 Å². The van der Waals surface area contributed by atoms with Gasteiger partial charge in [-0.2, -0.15) is 5.10 Å². The fourth-order valence-corrected chi connectivity index (χ4v) is 4.40. The first kappa shape index (κ1) is 21.6. The molecular formula is C22H26N4O3S. The summed E-state index contributed by atoms with van der Waals surface area (Å²) in [6.45, 7) is 5.73. The second kappa shape index (κ2) is 8.71. The summed E-state index contributed by atoms with van der Waals surface area (Å²) in [4.78, 5) is 12.6. The van der Waals surface area contributed by atoms with Gasteiger partial charge in [0.25, 0.3) is 10.0 Å². The number of nitrogens with one attached hydrogen (secondary N) is 2. The van der Waals surface area contributed by atoms with Gasteiger partial charge in [-0.15, -0.1) is 0 Å². The Bertz CT molecular complexity index is 1170. The highest BCUT2D eigenvalue weighted by molar-refractivity contribution is 7.92. The molecule has 0 radical (unpaired) electrons. The first-order chi connectivity index (χ1) is 14.2. The number of sulfonamides is 1. The SMILES string of the molecule is Cc1ccc(NC(=O)CCc2c(C)nn(C)c2C)cc1NS(=O)(=O)c1ccccc1. The van der Waals surface area contributed by atoms with Crippen LogP contribution in [0.2, 0.25) is 0 Å². The summed E-state index contributed by atoms with van der Waals surface area (Å²) in [5.41, 5.74) is 4.78. The molecule has 0 atom stereocenters. The van der Waals surface area contributed by atoms with Gasteiger partial charge in [-0.25, -0.2) is 8.42 Å². The third kappa shape index (κ3) is 4.88. The molecule has 158 valence electrons. The van der Waals surface area contributed by atoms with Gasteiger partial charge in [0, 0.05) is 24.8 Å². The van der Waals surface area contributed by atoms with Crippen molar-refractivity contribution < 1.29 is 13.2 Å². The number of amides is 1. The minimum atomic E-state index is -3.71. The summed E-state index contributed by atoms with van der Waals surface area (Å²) >= 11 is 0. The normalized spacial score (nSPS) is 11.3. The van der Waals surface area contributed by atoms with Crippen LogP contribution in [0.1, 0.15) is 28.9 Å². The molecule has 0 saturated carbocycles. The molecule has 0 fully saturated rings. The lowest BCUT2D eigenvalue weighted by atomic mass is 10.1. The van der Waals surface area contributed by atoms with E-state index in [1.807, 2.05) is 32.5 Å². The van der Waals surface area contributed by atoms with Gasteiger partial charge in [-0.05, 0) is 62.6 Å². The van der Waals surface area contributed by atoms with Gasteiger partial charge < -0.3 is 5.32 Å². The van der Waals surface area contributed by atoms with Gasteiger partial charge in [-0.1, -0.05) is 24.3 Å². The zero-order valence-electron chi connectivity index (χ0n) is 17.6. The monoisotopic (exact) mass is 426 g/mol. The lowest BCUT2D eigenvalue weighted by Gasteiger charge is -2.13. The molecule has 7 nitrogen and oxygen atoms in total. The number of aromatic nitrogens is 2. The summed E-state index contributed by atoms with van der Waals surface area (Å²) in [6.07, 6.45) is 0.906. The molecule has 1 heterocycles. The van der Waals surface area contributed by atoms with Gasteiger partial charge in [0.1, 0.15) is 0 Å². The topological polar surface area (TPSA) is 93.1 Å². The van der Waals surface area contributed by atoms with Crippen molar-refractivity contribution in [3.05, 3.63) is 71.0 Å². The molecule has 0 aliphatic carbocycles. The van der Waals surface area contributed by atoms with Gasteiger partial charge >= 0.3 is 0 Å². The van der Waals surface area contributed by atoms with E-state index in [1.54, 1.807) is 36.4 Å². The van der Waals surface area contributed by atoms with E-state index >= 15 is 0 Å². The fourth-order valence-electron chi connectivity index (χ4n) is 3.25. The maximum Gasteiger partial charge on any atom is 0.261 e. The zero-order chi connectivity index (χ0) is 21.9. The second-order valence-corrected chi connectivity index (χ2v) is 8.95. The Morgan fingerprint density at radius 2 is 1.77 bits per heavy atom. The molecule has 0 saturated heterocycles. The summed E-state index contributed by atoms with van der Waals surface area (Å²) < 4.78 is 29.6. The van der Waals surface area contributed by atoms with E-state index in [9.17, 15) is 13.2 Å². The van der Waals surface area contributed by atoms with Crippen molar-refractivity contribution >= 4 is 27.3 Å². The Morgan fingerprint density at radius 1 is 1.07 bits per heavy atom. The number of carbonyl (C=O) groups is 1. The van der Waals surface area contributed by atoms with Crippen molar-refractivity contribution in [2.75, 3.05) is 10.0 Å². The number of hydrogen-bond acceptors (Lipinski definition) is 4. The third-order valence-corrected chi connectivity index (χ3v) is 6.46. The van der Waals surface area contributed by atoms with Crippen LogP contribution in [0.15, 0.2) is 53.4 Å². The average molecular weight is 427 g/mol. The van der Waals surface area contributed by atoms with Crippen LogP contribution in [0.25, 0.3) is 0 Å². The lowest BCUT2D eigenvalue weighted by Crippen LogP contribution is -2.15. The number of nitrogens with zero attached hydrogens (tertiary/aromatic N) is 2. The maximum atomic E-state index is 12.6. The Morgan fingerprint density at radius 3 is 2.40 bits per heavy atom. The van der Waals surface area contributed by atoms with Crippen molar-refractivity contribution in [1.29, 1.82) is 0 Å². The number of carbonyl (C=O) groups excluding carboxylic acids is 1. The molecular weight excluding hydrogens is 400 g/mol. The standard InChI is InChI=1S/C22H26N4O3S/c1-15-10-11-18(14-21(15)25-30(28,29)19-8-6-5-7-9-19)23-22(27)13-12-20-16(2)24-26(4)17(20)3/h5-11,14,25H,12-13H2,1-4H3,(H,23,27). The average Bonchev–Trinajstić information content (AvgIpc) is 2.95. The van der Waals surface area contributed by atoms with Crippen LogP contribution in [0.5, 0.6) is 0 Å². The van der Waals surface area contributed by atoms with E-state index in [1.165, 1.54) is 12.1 Å². The van der Waals surface area contributed by atoms with Gasteiger partial charge in [0.15, 0.2) is 0 Å². The molecule has 1 aromatic heterocycles. The number of hydrogen-bond donors (Lipinski definition) is 2.